The average molecular weight is 324 g/mol. The lowest BCUT2D eigenvalue weighted by Gasteiger charge is -2.53. The highest BCUT2D eigenvalue weighted by Gasteiger charge is 2.47. The molecule has 7 nitrogen and oxygen atoms in total. The van der Waals surface area contributed by atoms with Crippen molar-refractivity contribution >= 4 is 12.1 Å². The summed E-state index contributed by atoms with van der Waals surface area (Å²) in [6, 6.07) is -0.0503. The topological polar surface area (TPSA) is 98.9 Å². The maximum atomic E-state index is 12.3. The Morgan fingerprint density at radius 3 is 1.87 bits per heavy atom. The van der Waals surface area contributed by atoms with Crippen molar-refractivity contribution in [3.05, 3.63) is 0 Å². The van der Waals surface area contributed by atoms with Gasteiger partial charge in [-0.3, -0.25) is 0 Å². The number of nitrogens with one attached hydrogen (secondary N) is 1. The molecule has 4 fully saturated rings. The Morgan fingerprint density at radius 1 is 0.913 bits per heavy atom. The van der Waals surface area contributed by atoms with Crippen molar-refractivity contribution in [2.75, 3.05) is 39.3 Å². The Balaban J connectivity index is 1.46. The van der Waals surface area contributed by atoms with Crippen molar-refractivity contribution in [1.29, 1.82) is 0 Å². The van der Waals surface area contributed by atoms with Crippen molar-refractivity contribution in [1.82, 2.24) is 15.1 Å². The smallest absolute Gasteiger partial charge is 0.407 e. The predicted molar refractivity (Wildman–Crippen MR) is 86.2 cm³/mol. The maximum absolute atomic E-state index is 12.3. The van der Waals surface area contributed by atoms with Gasteiger partial charge in [-0.15, -0.1) is 0 Å². The summed E-state index contributed by atoms with van der Waals surface area (Å²) in [6.45, 7) is 3.28. The normalized spacial score (nSPS) is 33.6. The van der Waals surface area contributed by atoms with Gasteiger partial charge in [-0.2, -0.15) is 0 Å². The highest BCUT2D eigenvalue weighted by Crippen LogP contribution is 2.56. The minimum absolute atomic E-state index is 0.0503. The van der Waals surface area contributed by atoms with Gasteiger partial charge in [0.05, 0.1) is 0 Å². The average Bonchev–Trinajstić information content (AvgIpc) is 2.61. The van der Waals surface area contributed by atoms with Crippen LogP contribution in [0.15, 0.2) is 0 Å². The quantitative estimate of drug-likeness (QED) is 0.728. The van der Waals surface area contributed by atoms with Crippen LogP contribution < -0.4 is 11.1 Å². The SMILES string of the molecule is NCC12CCC(CNC(=O)N3CCN(C(=O)O)CC3)(CC1)CC2. The molecule has 0 atom stereocenters. The molecule has 3 saturated carbocycles. The Labute approximate surface area is 137 Å². The molecule has 7 heteroatoms. The highest BCUT2D eigenvalue weighted by molar-refractivity contribution is 5.74. The molecule has 23 heavy (non-hydrogen) atoms. The maximum Gasteiger partial charge on any atom is 0.407 e. The summed E-state index contributed by atoms with van der Waals surface area (Å²) in [7, 11) is 0. The number of fused-ring (bicyclic) bond motifs is 3. The van der Waals surface area contributed by atoms with Crippen LogP contribution in [0, 0.1) is 10.8 Å². The number of rotatable bonds is 3. The number of hydrogen-bond donors (Lipinski definition) is 3. The van der Waals surface area contributed by atoms with Crippen LogP contribution >= 0.6 is 0 Å². The molecule has 1 heterocycles. The van der Waals surface area contributed by atoms with Crippen LogP contribution in [0.25, 0.3) is 0 Å². The highest BCUT2D eigenvalue weighted by atomic mass is 16.4. The van der Waals surface area contributed by atoms with Gasteiger partial charge in [-0.1, -0.05) is 0 Å². The number of piperazine rings is 1. The van der Waals surface area contributed by atoms with Crippen LogP contribution in [0.3, 0.4) is 0 Å². The van der Waals surface area contributed by atoms with Crippen LogP contribution in [0.1, 0.15) is 38.5 Å². The van der Waals surface area contributed by atoms with Crippen LogP contribution in [0.4, 0.5) is 9.59 Å². The van der Waals surface area contributed by atoms with Crippen molar-refractivity contribution in [2.45, 2.75) is 38.5 Å². The van der Waals surface area contributed by atoms with Gasteiger partial charge in [0.15, 0.2) is 0 Å². The van der Waals surface area contributed by atoms with Crippen molar-refractivity contribution in [3.8, 4) is 0 Å². The van der Waals surface area contributed by atoms with Crippen LogP contribution in [-0.4, -0.2) is 66.3 Å². The van der Waals surface area contributed by atoms with Crippen molar-refractivity contribution in [3.63, 3.8) is 0 Å². The van der Waals surface area contributed by atoms with Crippen molar-refractivity contribution < 1.29 is 14.7 Å². The number of carboxylic acid groups (broad SMARTS) is 1. The summed E-state index contributed by atoms with van der Waals surface area (Å²) < 4.78 is 0. The first-order chi connectivity index (χ1) is 11.0. The fourth-order valence-corrected chi connectivity index (χ4v) is 4.39. The van der Waals surface area contributed by atoms with Crippen LogP contribution in [0.2, 0.25) is 0 Å². The molecule has 4 N–H and O–H groups in total. The molecule has 3 amide bonds. The number of hydrogen-bond acceptors (Lipinski definition) is 3. The molecule has 0 aromatic heterocycles. The number of carbonyl (C=O) groups is 2. The van der Waals surface area contributed by atoms with Gasteiger partial charge in [0, 0.05) is 32.7 Å². The van der Waals surface area contributed by atoms with Crippen LogP contribution in [-0.2, 0) is 0 Å². The molecular weight excluding hydrogens is 296 g/mol. The van der Waals surface area contributed by atoms with E-state index in [1.165, 1.54) is 24.2 Å². The van der Waals surface area contributed by atoms with E-state index >= 15 is 0 Å². The van der Waals surface area contributed by atoms with E-state index in [1.807, 2.05) is 0 Å². The fraction of sp³-hybridized carbons (Fsp3) is 0.875. The number of amides is 3. The van der Waals surface area contributed by atoms with E-state index in [9.17, 15) is 9.59 Å². The molecular formula is C16H28N4O3. The predicted octanol–water partition coefficient (Wildman–Crippen LogP) is 1.29. The van der Waals surface area contributed by atoms with E-state index < -0.39 is 6.09 Å². The van der Waals surface area contributed by atoms with E-state index in [0.717, 1.165) is 32.4 Å². The monoisotopic (exact) mass is 324 g/mol. The Morgan fingerprint density at radius 2 is 1.39 bits per heavy atom. The molecule has 4 aliphatic rings. The first-order valence-corrected chi connectivity index (χ1v) is 8.68. The molecule has 2 bridgehead atoms. The van der Waals surface area contributed by atoms with Crippen molar-refractivity contribution in [2.24, 2.45) is 16.6 Å². The van der Waals surface area contributed by atoms with Crippen LogP contribution in [0.5, 0.6) is 0 Å². The number of nitrogens with zero attached hydrogens (tertiary/aromatic N) is 2. The summed E-state index contributed by atoms with van der Waals surface area (Å²) in [4.78, 5) is 26.3. The van der Waals surface area contributed by atoms with Gasteiger partial charge in [0.2, 0.25) is 0 Å². The molecule has 0 aromatic rings. The first-order valence-electron chi connectivity index (χ1n) is 8.68. The van der Waals surface area contributed by atoms with E-state index in [-0.39, 0.29) is 11.4 Å². The van der Waals surface area contributed by atoms with Gasteiger partial charge >= 0.3 is 12.1 Å². The second-order valence-electron chi connectivity index (χ2n) is 7.62. The van der Waals surface area contributed by atoms with E-state index in [1.54, 1.807) is 4.90 Å². The summed E-state index contributed by atoms with van der Waals surface area (Å²) in [5, 5.41) is 12.0. The Bertz CT molecular complexity index is 449. The van der Waals surface area contributed by atoms with Gasteiger partial charge in [0.25, 0.3) is 0 Å². The minimum Gasteiger partial charge on any atom is -0.465 e. The molecule has 0 aromatic carbocycles. The Kier molecular flexibility index (Phi) is 4.40. The van der Waals surface area contributed by atoms with Gasteiger partial charge in [-0.25, -0.2) is 9.59 Å². The van der Waals surface area contributed by atoms with Gasteiger partial charge < -0.3 is 26.0 Å². The van der Waals surface area contributed by atoms with Gasteiger partial charge in [-0.05, 0) is 55.9 Å². The standard InChI is InChI=1S/C16H28N4O3/c17-11-15-1-4-16(5-2-15,6-3-15)12-18-13(21)19-7-9-20(10-8-19)14(22)23/h1-12,17H2,(H,18,21)(H,22,23). The number of carbonyl (C=O) groups excluding carboxylic acids is 1. The fourth-order valence-electron chi connectivity index (χ4n) is 4.39. The molecule has 1 saturated heterocycles. The Hall–Kier alpha value is -1.50. The molecule has 3 aliphatic carbocycles. The molecule has 0 spiro atoms. The zero-order valence-corrected chi connectivity index (χ0v) is 13.7. The third kappa shape index (κ3) is 3.24. The number of urea groups is 1. The van der Waals surface area contributed by atoms with Gasteiger partial charge in [0.1, 0.15) is 0 Å². The molecule has 4 rings (SSSR count). The zero-order valence-electron chi connectivity index (χ0n) is 13.7. The molecule has 0 unspecified atom stereocenters. The lowest BCUT2D eigenvalue weighted by atomic mass is 9.54. The first kappa shape index (κ1) is 16.4. The zero-order chi connectivity index (χ0) is 16.5. The summed E-state index contributed by atoms with van der Waals surface area (Å²) in [5.74, 6) is 0. The summed E-state index contributed by atoms with van der Waals surface area (Å²) >= 11 is 0. The minimum atomic E-state index is -0.906. The third-order valence-corrected chi connectivity index (χ3v) is 6.44. The lowest BCUT2D eigenvalue weighted by Crippen LogP contribution is -2.55. The lowest BCUT2D eigenvalue weighted by molar-refractivity contribution is -0.00146. The van der Waals surface area contributed by atoms with E-state index in [2.05, 4.69) is 5.32 Å². The number of nitrogens with two attached hydrogens (primary N) is 1. The third-order valence-electron chi connectivity index (χ3n) is 6.44. The molecule has 0 radical (unpaired) electrons. The van der Waals surface area contributed by atoms with E-state index in [4.69, 9.17) is 10.8 Å². The van der Waals surface area contributed by atoms with E-state index in [0.29, 0.717) is 31.6 Å². The summed E-state index contributed by atoms with van der Waals surface area (Å²) in [6.07, 6.45) is 6.16. The summed E-state index contributed by atoms with van der Waals surface area (Å²) in [5.41, 5.74) is 6.58. The molecule has 1 aliphatic heterocycles. The second-order valence-corrected chi connectivity index (χ2v) is 7.62. The molecule has 130 valence electrons. The second kappa shape index (κ2) is 6.19. The largest absolute Gasteiger partial charge is 0.465 e.